The Morgan fingerprint density at radius 2 is 2.37 bits per heavy atom. The summed E-state index contributed by atoms with van der Waals surface area (Å²) in [6.45, 7) is 2.13. The van der Waals surface area contributed by atoms with E-state index in [1.807, 2.05) is 6.07 Å². The third-order valence-electron chi connectivity index (χ3n) is 2.73. The highest BCUT2D eigenvalue weighted by Crippen LogP contribution is 2.10. The molecule has 0 spiro atoms. The summed E-state index contributed by atoms with van der Waals surface area (Å²) in [5.41, 5.74) is 1.46. The predicted molar refractivity (Wildman–Crippen MR) is 76.8 cm³/mol. The summed E-state index contributed by atoms with van der Waals surface area (Å²) in [6.07, 6.45) is 4.85. The molecule has 0 radical (unpaired) electrons. The van der Waals surface area contributed by atoms with Gasteiger partial charge in [-0.2, -0.15) is 5.10 Å². The van der Waals surface area contributed by atoms with E-state index in [1.165, 1.54) is 0 Å². The van der Waals surface area contributed by atoms with Crippen molar-refractivity contribution in [2.24, 2.45) is 0 Å². The number of hydrogen-bond acceptors (Lipinski definition) is 3. The maximum atomic E-state index is 12.0. The Kier molecular flexibility index (Phi) is 4.46. The quantitative estimate of drug-likeness (QED) is 0.735. The van der Waals surface area contributed by atoms with Gasteiger partial charge in [0.25, 0.3) is 5.91 Å². The van der Waals surface area contributed by atoms with Gasteiger partial charge in [0.1, 0.15) is 4.64 Å². The van der Waals surface area contributed by atoms with E-state index in [1.54, 1.807) is 18.3 Å². The van der Waals surface area contributed by atoms with Crippen molar-refractivity contribution in [1.82, 2.24) is 15.2 Å². The summed E-state index contributed by atoms with van der Waals surface area (Å²) < 4.78 is 0.418. The minimum Gasteiger partial charge on any atom is -0.352 e. The van der Waals surface area contributed by atoms with Gasteiger partial charge in [0.2, 0.25) is 0 Å². The summed E-state index contributed by atoms with van der Waals surface area (Å²) >= 11 is 5.06. The maximum absolute atomic E-state index is 12.0. The highest BCUT2D eigenvalue weighted by molar-refractivity contribution is 7.71. The van der Waals surface area contributed by atoms with E-state index in [4.69, 9.17) is 12.2 Å². The van der Waals surface area contributed by atoms with Crippen LogP contribution in [0.3, 0.4) is 0 Å². The van der Waals surface area contributed by atoms with Crippen molar-refractivity contribution >= 4 is 23.9 Å². The molecule has 100 valence electrons. The normalized spacial score (nSPS) is 10.4. The minimum atomic E-state index is -0.254. The topological polar surface area (TPSA) is 73.6 Å². The summed E-state index contributed by atoms with van der Waals surface area (Å²) in [6, 6.07) is 5.27. The lowest BCUT2D eigenvalue weighted by Gasteiger charge is -2.01. The van der Waals surface area contributed by atoms with Gasteiger partial charge in [-0.25, -0.2) is 0 Å². The minimum absolute atomic E-state index is 0.254. The van der Waals surface area contributed by atoms with Crippen LogP contribution in [-0.4, -0.2) is 21.1 Å². The molecule has 0 aliphatic rings. The van der Waals surface area contributed by atoms with E-state index in [0.717, 1.165) is 25.0 Å². The molecule has 2 heterocycles. The number of rotatable bonds is 5. The number of aromatic nitrogens is 3. The Balaban J connectivity index is 2.05. The van der Waals surface area contributed by atoms with Crippen LogP contribution in [0.2, 0.25) is 0 Å². The number of anilines is 1. The van der Waals surface area contributed by atoms with Crippen LogP contribution < -0.4 is 5.32 Å². The third kappa shape index (κ3) is 3.51. The molecule has 0 fully saturated rings. The van der Waals surface area contributed by atoms with Crippen molar-refractivity contribution in [3.63, 3.8) is 0 Å². The van der Waals surface area contributed by atoms with E-state index < -0.39 is 0 Å². The number of hydrogen-bond donors (Lipinski definition) is 3. The van der Waals surface area contributed by atoms with Crippen molar-refractivity contribution < 1.29 is 4.79 Å². The SMILES string of the molecule is CCCCc1cc(NC(=O)c2ccc[nH]c2=S)n[nH]1. The maximum Gasteiger partial charge on any atom is 0.259 e. The van der Waals surface area contributed by atoms with Gasteiger partial charge < -0.3 is 10.3 Å². The Morgan fingerprint density at radius 3 is 3.11 bits per heavy atom. The van der Waals surface area contributed by atoms with Crippen LogP contribution in [0.5, 0.6) is 0 Å². The van der Waals surface area contributed by atoms with E-state index in [2.05, 4.69) is 27.4 Å². The molecule has 0 atom stereocenters. The molecule has 2 rings (SSSR count). The molecular weight excluding hydrogens is 260 g/mol. The summed E-state index contributed by atoms with van der Waals surface area (Å²) in [7, 11) is 0. The van der Waals surface area contributed by atoms with E-state index >= 15 is 0 Å². The van der Waals surface area contributed by atoms with Gasteiger partial charge in [0, 0.05) is 18.0 Å². The van der Waals surface area contributed by atoms with Crippen molar-refractivity contribution in [3.05, 3.63) is 40.3 Å². The zero-order valence-corrected chi connectivity index (χ0v) is 11.5. The molecule has 0 aliphatic heterocycles. The highest BCUT2D eigenvalue weighted by atomic mass is 32.1. The summed E-state index contributed by atoms with van der Waals surface area (Å²) in [4.78, 5) is 14.8. The average molecular weight is 276 g/mol. The first kappa shape index (κ1) is 13.5. The molecule has 5 nitrogen and oxygen atoms in total. The molecule has 1 amide bonds. The molecule has 0 bridgehead atoms. The fourth-order valence-electron chi connectivity index (χ4n) is 1.70. The number of carbonyl (C=O) groups excluding carboxylic acids is 1. The molecule has 2 aromatic rings. The van der Waals surface area contributed by atoms with Gasteiger partial charge in [-0.1, -0.05) is 25.6 Å². The fourth-order valence-corrected chi connectivity index (χ4v) is 1.93. The van der Waals surface area contributed by atoms with Crippen LogP contribution in [0.4, 0.5) is 5.82 Å². The molecule has 3 N–H and O–H groups in total. The number of nitrogens with zero attached hydrogens (tertiary/aromatic N) is 1. The molecule has 19 heavy (non-hydrogen) atoms. The highest BCUT2D eigenvalue weighted by Gasteiger charge is 2.09. The van der Waals surface area contributed by atoms with Crippen LogP contribution in [-0.2, 0) is 6.42 Å². The summed E-state index contributed by atoms with van der Waals surface area (Å²) in [5.74, 6) is 0.268. The smallest absolute Gasteiger partial charge is 0.259 e. The number of aryl methyl sites for hydroxylation is 1. The number of amides is 1. The number of pyridine rings is 1. The molecular formula is C13H16N4OS. The van der Waals surface area contributed by atoms with Crippen molar-refractivity contribution in [1.29, 1.82) is 0 Å². The van der Waals surface area contributed by atoms with Gasteiger partial charge in [-0.3, -0.25) is 9.89 Å². The lowest BCUT2D eigenvalue weighted by atomic mass is 10.2. The molecule has 0 unspecified atom stereocenters. The van der Waals surface area contributed by atoms with Gasteiger partial charge in [0.15, 0.2) is 5.82 Å². The number of aromatic amines is 2. The van der Waals surface area contributed by atoms with E-state index in [0.29, 0.717) is 16.0 Å². The molecule has 6 heteroatoms. The fraction of sp³-hybridized carbons (Fsp3) is 0.308. The lowest BCUT2D eigenvalue weighted by molar-refractivity contribution is 0.102. The van der Waals surface area contributed by atoms with Crippen molar-refractivity contribution in [2.75, 3.05) is 5.32 Å². The second-order valence-electron chi connectivity index (χ2n) is 4.25. The van der Waals surface area contributed by atoms with Gasteiger partial charge in [0.05, 0.1) is 5.56 Å². The molecule has 0 aliphatic carbocycles. The lowest BCUT2D eigenvalue weighted by Crippen LogP contribution is -2.13. The Bertz CT molecular complexity index is 617. The van der Waals surface area contributed by atoms with Crippen molar-refractivity contribution in [3.8, 4) is 0 Å². The first-order chi connectivity index (χ1) is 9.20. The largest absolute Gasteiger partial charge is 0.352 e. The third-order valence-corrected chi connectivity index (χ3v) is 3.07. The zero-order chi connectivity index (χ0) is 13.7. The van der Waals surface area contributed by atoms with Gasteiger partial charge >= 0.3 is 0 Å². The first-order valence-electron chi connectivity index (χ1n) is 6.24. The van der Waals surface area contributed by atoms with Crippen molar-refractivity contribution in [2.45, 2.75) is 26.2 Å². The van der Waals surface area contributed by atoms with Crippen LogP contribution in [0.15, 0.2) is 24.4 Å². The van der Waals surface area contributed by atoms with Crippen LogP contribution >= 0.6 is 12.2 Å². The Labute approximate surface area is 116 Å². The number of H-pyrrole nitrogens is 2. The molecule has 2 aromatic heterocycles. The number of nitrogens with one attached hydrogen (secondary N) is 3. The first-order valence-corrected chi connectivity index (χ1v) is 6.65. The number of unbranched alkanes of at least 4 members (excludes halogenated alkanes) is 1. The monoisotopic (exact) mass is 276 g/mol. The average Bonchev–Trinajstić information content (AvgIpc) is 2.84. The predicted octanol–water partition coefficient (Wildman–Crippen LogP) is 3.06. The molecule has 0 saturated heterocycles. The van der Waals surface area contributed by atoms with Gasteiger partial charge in [-0.15, -0.1) is 0 Å². The molecule has 0 aromatic carbocycles. The van der Waals surface area contributed by atoms with Crippen LogP contribution in [0, 0.1) is 4.64 Å². The molecule has 0 saturated carbocycles. The Morgan fingerprint density at radius 1 is 1.53 bits per heavy atom. The number of carbonyl (C=O) groups is 1. The second-order valence-corrected chi connectivity index (χ2v) is 4.66. The zero-order valence-electron chi connectivity index (χ0n) is 10.7. The van der Waals surface area contributed by atoms with E-state index in [-0.39, 0.29) is 5.91 Å². The van der Waals surface area contributed by atoms with E-state index in [9.17, 15) is 4.79 Å². The summed E-state index contributed by atoms with van der Waals surface area (Å²) in [5, 5.41) is 9.70. The van der Waals surface area contributed by atoms with Gasteiger partial charge in [-0.05, 0) is 25.0 Å². The van der Waals surface area contributed by atoms with Crippen LogP contribution in [0.25, 0.3) is 0 Å². The standard InChI is InChI=1S/C13H16N4OS/c1-2-3-5-9-8-11(17-16-9)15-12(18)10-6-4-7-14-13(10)19/h4,6-8H,2-3,5H2,1H3,(H,14,19)(H2,15,16,17,18). The second kappa shape index (κ2) is 6.29. The Hall–Kier alpha value is -1.95. The van der Waals surface area contributed by atoms with Crippen LogP contribution in [0.1, 0.15) is 35.8 Å².